The second-order valence-corrected chi connectivity index (χ2v) is 4.82. The van der Waals surface area contributed by atoms with Gasteiger partial charge in [0.2, 0.25) is 0 Å². The molecule has 4 heteroatoms. The lowest BCUT2D eigenvalue weighted by atomic mass is 10.1. The van der Waals surface area contributed by atoms with Gasteiger partial charge in [0.05, 0.1) is 5.22 Å². The minimum absolute atomic E-state index is 0.592. The Morgan fingerprint density at radius 1 is 1.33 bits per heavy atom. The van der Waals surface area contributed by atoms with E-state index in [1.807, 2.05) is 30.4 Å². The predicted octanol–water partition coefficient (Wildman–Crippen LogP) is 0.221. The lowest BCUT2D eigenvalue weighted by Crippen LogP contribution is -2.29. The highest BCUT2D eigenvalue weighted by Gasteiger charge is 2.19. The first kappa shape index (κ1) is 8.88. The molecule has 0 saturated heterocycles. The highest BCUT2D eigenvalue weighted by atomic mass is 32.2. The van der Waals surface area contributed by atoms with Gasteiger partial charge < -0.3 is 4.55 Å². The van der Waals surface area contributed by atoms with Gasteiger partial charge in [-0.05, 0) is 35.5 Å². The fourth-order valence-electron chi connectivity index (χ4n) is 1.77. The van der Waals surface area contributed by atoms with Gasteiger partial charge in [-0.25, -0.2) is 0 Å². The number of fused-ring (bicyclic) bond motifs is 3. The van der Waals surface area contributed by atoms with Gasteiger partial charge in [0.1, 0.15) is 11.1 Å². The largest absolute Gasteiger partial charge is 0.611 e. The van der Waals surface area contributed by atoms with Crippen LogP contribution in [0, 0.1) is 0 Å². The predicted molar refractivity (Wildman–Crippen MR) is 60.5 cm³/mol. The van der Waals surface area contributed by atoms with Crippen molar-refractivity contribution in [3.63, 3.8) is 0 Å². The zero-order chi connectivity index (χ0) is 10.3. The molecule has 0 amide bonds. The van der Waals surface area contributed by atoms with Crippen LogP contribution < -0.4 is 10.6 Å². The van der Waals surface area contributed by atoms with Gasteiger partial charge in [-0.2, -0.15) is 5.10 Å². The van der Waals surface area contributed by atoms with Crippen molar-refractivity contribution in [2.45, 2.75) is 4.90 Å². The molecule has 0 N–H and O–H groups in total. The van der Waals surface area contributed by atoms with Crippen molar-refractivity contribution < 1.29 is 4.55 Å². The average Bonchev–Trinajstić information content (AvgIpc) is 2.51. The van der Waals surface area contributed by atoms with Gasteiger partial charge in [-0.3, -0.25) is 0 Å². The Morgan fingerprint density at radius 3 is 3.20 bits per heavy atom. The SMILES string of the molecule is [O-][S+]1CC=c2c1ccc1c2=NN=CC=C1. The highest BCUT2D eigenvalue weighted by Crippen LogP contribution is 2.11. The highest BCUT2D eigenvalue weighted by molar-refractivity contribution is 7.92. The van der Waals surface area contributed by atoms with Crippen molar-refractivity contribution in [1.29, 1.82) is 0 Å². The third kappa shape index (κ3) is 1.33. The molecule has 1 aromatic rings. The van der Waals surface area contributed by atoms with E-state index in [1.54, 1.807) is 6.21 Å². The number of benzene rings is 1. The van der Waals surface area contributed by atoms with Gasteiger partial charge in [0, 0.05) is 11.8 Å². The van der Waals surface area contributed by atoms with Crippen molar-refractivity contribution in [2.75, 3.05) is 5.75 Å². The summed E-state index contributed by atoms with van der Waals surface area (Å²) in [4.78, 5) is 0.878. The molecule has 1 atom stereocenters. The summed E-state index contributed by atoms with van der Waals surface area (Å²) in [5, 5.41) is 9.86. The summed E-state index contributed by atoms with van der Waals surface area (Å²) in [6.45, 7) is 0. The van der Waals surface area contributed by atoms with E-state index in [2.05, 4.69) is 10.2 Å². The normalized spacial score (nSPS) is 21.3. The van der Waals surface area contributed by atoms with Gasteiger partial charge in [-0.15, -0.1) is 5.10 Å². The molecule has 0 saturated carbocycles. The maximum atomic E-state index is 11.6. The Kier molecular flexibility index (Phi) is 1.97. The first-order valence-electron chi connectivity index (χ1n) is 4.65. The topological polar surface area (TPSA) is 47.8 Å². The Bertz CT molecular complexity index is 589. The van der Waals surface area contributed by atoms with E-state index in [1.165, 1.54) is 0 Å². The van der Waals surface area contributed by atoms with Crippen LogP contribution >= 0.6 is 0 Å². The quantitative estimate of drug-likeness (QED) is 0.572. The van der Waals surface area contributed by atoms with Crippen LogP contribution in [0.4, 0.5) is 0 Å². The molecule has 2 aliphatic heterocycles. The molecule has 0 aliphatic carbocycles. The first-order chi connectivity index (χ1) is 7.36. The van der Waals surface area contributed by atoms with Crippen LogP contribution in [0.1, 0.15) is 5.56 Å². The Morgan fingerprint density at radius 2 is 2.27 bits per heavy atom. The molecule has 3 nitrogen and oxygen atoms in total. The first-order valence-corrected chi connectivity index (χ1v) is 5.97. The summed E-state index contributed by atoms with van der Waals surface area (Å²) in [6.07, 6.45) is 7.44. The van der Waals surface area contributed by atoms with Crippen molar-refractivity contribution >= 4 is 29.5 Å². The number of nitrogens with zero attached hydrogens (tertiary/aromatic N) is 2. The molecule has 2 heterocycles. The molecule has 1 unspecified atom stereocenters. The average molecular weight is 216 g/mol. The van der Waals surface area contributed by atoms with E-state index < -0.39 is 11.2 Å². The van der Waals surface area contributed by atoms with E-state index in [0.29, 0.717) is 5.75 Å². The van der Waals surface area contributed by atoms with E-state index in [-0.39, 0.29) is 0 Å². The fraction of sp³-hybridized carbons (Fsp3) is 0.0909. The molecule has 74 valence electrons. The minimum atomic E-state index is -0.893. The molecular weight excluding hydrogens is 208 g/mol. The monoisotopic (exact) mass is 216 g/mol. The molecule has 0 bridgehead atoms. The number of hydrogen-bond acceptors (Lipinski definition) is 3. The molecule has 0 fully saturated rings. The van der Waals surface area contributed by atoms with Crippen molar-refractivity contribution in [1.82, 2.24) is 0 Å². The molecule has 0 aromatic heterocycles. The summed E-state index contributed by atoms with van der Waals surface area (Å²) < 4.78 is 11.6. The van der Waals surface area contributed by atoms with Crippen LogP contribution in [-0.4, -0.2) is 16.5 Å². The van der Waals surface area contributed by atoms with Crippen molar-refractivity contribution in [2.24, 2.45) is 10.2 Å². The van der Waals surface area contributed by atoms with Crippen LogP contribution in [0.15, 0.2) is 33.3 Å². The molecule has 0 spiro atoms. The maximum Gasteiger partial charge on any atom is 0.162 e. The van der Waals surface area contributed by atoms with Crippen LogP contribution in [-0.2, 0) is 11.2 Å². The second kappa shape index (κ2) is 3.32. The second-order valence-electron chi connectivity index (χ2n) is 3.36. The van der Waals surface area contributed by atoms with Crippen LogP contribution in [0.5, 0.6) is 0 Å². The standard InChI is InChI=1S/C11H8N2OS/c14-15-7-5-9-10(15)4-3-8-2-1-6-12-13-11(8)9/h1-6H,7H2. The third-order valence-corrected chi connectivity index (χ3v) is 3.79. The van der Waals surface area contributed by atoms with Crippen LogP contribution in [0.2, 0.25) is 0 Å². The number of rotatable bonds is 0. The molecular formula is C11H8N2OS. The summed E-state index contributed by atoms with van der Waals surface area (Å²) >= 11 is -0.893. The molecule has 3 rings (SSSR count). The number of hydrogen-bond donors (Lipinski definition) is 0. The van der Waals surface area contributed by atoms with Gasteiger partial charge >= 0.3 is 0 Å². The summed E-state index contributed by atoms with van der Waals surface area (Å²) in [5.41, 5.74) is 1.03. The zero-order valence-corrected chi connectivity index (χ0v) is 8.70. The Hall–Kier alpha value is -1.39. The van der Waals surface area contributed by atoms with E-state index in [4.69, 9.17) is 0 Å². The van der Waals surface area contributed by atoms with Crippen molar-refractivity contribution in [3.8, 4) is 0 Å². The van der Waals surface area contributed by atoms with Gasteiger partial charge in [-0.1, -0.05) is 6.08 Å². The number of allylic oxidation sites excluding steroid dienone is 1. The molecule has 0 radical (unpaired) electrons. The summed E-state index contributed by atoms with van der Waals surface area (Å²) in [5.74, 6) is 0.592. The molecule has 15 heavy (non-hydrogen) atoms. The maximum absolute atomic E-state index is 11.6. The fourth-order valence-corrected chi connectivity index (χ4v) is 2.92. The minimum Gasteiger partial charge on any atom is -0.611 e. The zero-order valence-electron chi connectivity index (χ0n) is 7.88. The van der Waals surface area contributed by atoms with Crippen molar-refractivity contribution in [3.05, 3.63) is 34.3 Å². The Labute approximate surface area is 89.7 Å². The van der Waals surface area contributed by atoms with E-state index in [0.717, 1.165) is 21.0 Å². The molecule has 2 aliphatic rings. The summed E-state index contributed by atoms with van der Waals surface area (Å²) in [7, 11) is 0. The molecule has 1 aromatic carbocycles. The van der Waals surface area contributed by atoms with E-state index >= 15 is 0 Å². The van der Waals surface area contributed by atoms with Crippen LogP contribution in [0.3, 0.4) is 0 Å². The lowest BCUT2D eigenvalue weighted by Gasteiger charge is -2.03. The third-order valence-electron chi connectivity index (χ3n) is 2.48. The van der Waals surface area contributed by atoms with Gasteiger partial charge in [0.15, 0.2) is 4.90 Å². The van der Waals surface area contributed by atoms with E-state index in [9.17, 15) is 4.55 Å². The Balaban J connectivity index is 2.42. The van der Waals surface area contributed by atoms with Crippen LogP contribution in [0.25, 0.3) is 12.2 Å². The lowest BCUT2D eigenvalue weighted by molar-refractivity contribution is 0.599. The van der Waals surface area contributed by atoms with Gasteiger partial charge in [0.25, 0.3) is 0 Å². The smallest absolute Gasteiger partial charge is 0.162 e. The summed E-state index contributed by atoms with van der Waals surface area (Å²) in [6, 6.07) is 3.86.